The summed E-state index contributed by atoms with van der Waals surface area (Å²) in [5, 5.41) is 45.7. The molecular formula is C64H101N23O15. The maximum Gasteiger partial charge on any atom is 0.326 e. The fourth-order valence-corrected chi connectivity index (χ4v) is 10.8. The fourth-order valence-electron chi connectivity index (χ4n) is 10.8. The number of carbonyl (C=O) groups excluding carboxylic acids is 12. The van der Waals surface area contributed by atoms with Crippen LogP contribution in [0.4, 0.5) is 0 Å². The molecule has 12 atom stereocenters. The first-order chi connectivity index (χ1) is 48.3. The normalized spacial score (nSPS) is 15.9. The highest BCUT2D eigenvalue weighted by Crippen LogP contribution is 2.22. The summed E-state index contributed by atoms with van der Waals surface area (Å²) in [5.74, 6) is -14.0. The van der Waals surface area contributed by atoms with E-state index in [2.05, 4.69) is 83.1 Å². The van der Waals surface area contributed by atoms with Crippen molar-refractivity contribution in [2.24, 2.45) is 62.1 Å². The summed E-state index contributed by atoms with van der Waals surface area (Å²) < 4.78 is 0. The Bertz CT molecular complexity index is 3350. The molecule has 3 heterocycles. The Morgan fingerprint density at radius 3 is 1.68 bits per heavy atom. The molecule has 12 amide bonds. The van der Waals surface area contributed by atoms with Crippen LogP contribution in [-0.2, 0) is 81.6 Å². The molecule has 1 saturated heterocycles. The van der Waals surface area contributed by atoms with Crippen molar-refractivity contribution in [3.8, 4) is 0 Å². The second-order valence-electron chi connectivity index (χ2n) is 25.6. The molecule has 0 radical (unpaired) electrons. The van der Waals surface area contributed by atoms with E-state index in [1.807, 2.05) is 0 Å². The quantitative estimate of drug-likeness (QED) is 0.0142. The van der Waals surface area contributed by atoms with E-state index >= 15 is 0 Å². The van der Waals surface area contributed by atoms with Crippen LogP contribution in [0.25, 0.3) is 0 Å². The Morgan fingerprint density at radius 1 is 0.598 bits per heavy atom. The number of carboxylic acid groups (broad SMARTS) is 1. The molecule has 0 saturated carbocycles. The van der Waals surface area contributed by atoms with Crippen LogP contribution in [0.5, 0.6) is 0 Å². The van der Waals surface area contributed by atoms with Crippen LogP contribution >= 0.6 is 0 Å². The fraction of sp³-hybridized carbons (Fsp3) is 0.578. The lowest BCUT2D eigenvalue weighted by Gasteiger charge is -2.32. The average molecular weight is 1430 g/mol. The smallest absolute Gasteiger partial charge is 0.326 e. The van der Waals surface area contributed by atoms with Gasteiger partial charge < -0.3 is 113 Å². The second-order valence-corrected chi connectivity index (χ2v) is 25.6. The van der Waals surface area contributed by atoms with Gasteiger partial charge in [-0.1, -0.05) is 78.3 Å². The van der Waals surface area contributed by atoms with E-state index in [1.165, 1.54) is 29.9 Å². The molecule has 1 aromatic carbocycles. The Kier molecular flexibility index (Phi) is 34.7. The molecule has 0 unspecified atom stereocenters. The van der Waals surface area contributed by atoms with Gasteiger partial charge in [0.2, 0.25) is 70.9 Å². The first-order valence-corrected chi connectivity index (χ1v) is 33.6. The number of guanidine groups is 2. The van der Waals surface area contributed by atoms with Gasteiger partial charge >= 0.3 is 5.97 Å². The highest BCUT2D eigenvalue weighted by molar-refractivity contribution is 6.00. The number of aromatic nitrogens is 4. The number of nitrogens with one attached hydrogen (secondary N) is 12. The lowest BCUT2D eigenvalue weighted by molar-refractivity contribution is -0.143. The van der Waals surface area contributed by atoms with Gasteiger partial charge in [0.25, 0.3) is 0 Å². The minimum atomic E-state index is -1.86. The van der Waals surface area contributed by atoms with E-state index in [0.717, 1.165) is 0 Å². The van der Waals surface area contributed by atoms with E-state index in [0.29, 0.717) is 29.8 Å². The summed E-state index contributed by atoms with van der Waals surface area (Å²) in [6, 6.07) is -6.96. The van der Waals surface area contributed by atoms with Gasteiger partial charge in [0.1, 0.15) is 60.4 Å². The molecule has 2 aromatic heterocycles. The van der Waals surface area contributed by atoms with Crippen molar-refractivity contribution in [1.82, 2.24) is 78.0 Å². The van der Waals surface area contributed by atoms with Crippen molar-refractivity contribution in [3.05, 3.63) is 72.3 Å². The summed E-state index contributed by atoms with van der Waals surface area (Å²) in [4.78, 5) is 202. The predicted molar refractivity (Wildman–Crippen MR) is 370 cm³/mol. The number of primary amides is 1. The zero-order valence-corrected chi connectivity index (χ0v) is 58.2. The van der Waals surface area contributed by atoms with Gasteiger partial charge in [-0.3, -0.25) is 67.5 Å². The van der Waals surface area contributed by atoms with Crippen LogP contribution in [0.15, 0.2) is 65.4 Å². The molecule has 102 heavy (non-hydrogen) atoms. The van der Waals surface area contributed by atoms with E-state index in [9.17, 15) is 72.5 Å². The Morgan fingerprint density at radius 2 is 1.13 bits per heavy atom. The summed E-state index contributed by atoms with van der Waals surface area (Å²) in [7, 11) is 0. The molecule has 1 fully saturated rings. The number of H-pyrrole nitrogens is 2. The van der Waals surface area contributed by atoms with Crippen molar-refractivity contribution in [2.75, 3.05) is 32.8 Å². The molecule has 562 valence electrons. The molecular weight excluding hydrogens is 1330 g/mol. The highest BCUT2D eigenvalue weighted by atomic mass is 16.4. The number of aromatic amines is 2. The zero-order valence-electron chi connectivity index (χ0n) is 58.2. The second kappa shape index (κ2) is 42.3. The molecule has 26 N–H and O–H groups in total. The first kappa shape index (κ1) is 83.6. The van der Waals surface area contributed by atoms with E-state index in [-0.39, 0.29) is 95.3 Å². The van der Waals surface area contributed by atoms with Crippen LogP contribution in [0, 0.1) is 17.8 Å². The summed E-state index contributed by atoms with van der Waals surface area (Å²) in [5.41, 5.74) is 34.8. The Labute approximate surface area is 589 Å². The van der Waals surface area contributed by atoms with Crippen molar-refractivity contribution < 1.29 is 72.5 Å². The minimum absolute atomic E-state index is 0.0148. The van der Waals surface area contributed by atoms with E-state index in [1.54, 1.807) is 71.9 Å². The number of aliphatic imine (C=N–C) groups is 2. The number of imidazole rings is 2. The number of hydrogen-bond donors (Lipinski definition) is 20. The van der Waals surface area contributed by atoms with Crippen molar-refractivity contribution in [2.45, 2.75) is 185 Å². The van der Waals surface area contributed by atoms with Gasteiger partial charge in [-0.05, 0) is 68.3 Å². The number of nitrogens with zero attached hydrogens (tertiary/aromatic N) is 5. The lowest BCUT2D eigenvalue weighted by atomic mass is 9.95. The van der Waals surface area contributed by atoms with E-state index < -0.39 is 175 Å². The standard InChI is InChI=1S/C64H101N23O15/c1-7-35(6)51(60(99)85-50(34(4)5)59(98)80-41(62(101)102)17-12-20-74-64(69)70)86-58(97)47-18-13-21-87(47)61(100)45(25-38-28-72-32-77-38)83-55(94)42(22-33(2)3)81-57(96)46(30-88)84-56(95)44(26-48(66)89)78-49(90)29-75-53(92)43(23-36-14-9-8-10-15-36)82-54(93)40(16-11-19-73-63(67)68)79-52(91)39(65)24-37-27-71-31-76-37/h8-10,14-15,27-28,31-35,39-47,50-51,88H,7,11-13,16-26,29-30,65H2,1-6H3,(H2,66,89)(H,71,76)(H,72,77)(H,75,92)(H,78,90)(H,79,91)(H,80,98)(H,81,96)(H,82,93)(H,83,94)(H,84,95)(H,85,99)(H,86,97)(H,101,102)(H4,67,68,73)(H4,69,70,74)/t35-,39-,40-,41-,42-,43-,44-,45-,46-,47-,50-,51-/m0/s1. The third-order valence-electron chi connectivity index (χ3n) is 16.5. The maximum absolute atomic E-state index is 14.8. The van der Waals surface area contributed by atoms with Gasteiger partial charge in [-0.15, -0.1) is 0 Å². The number of benzene rings is 1. The molecule has 1 aliphatic rings. The van der Waals surface area contributed by atoms with Crippen LogP contribution < -0.4 is 87.6 Å². The minimum Gasteiger partial charge on any atom is -0.480 e. The highest BCUT2D eigenvalue weighted by Gasteiger charge is 2.42. The third kappa shape index (κ3) is 28.4. The van der Waals surface area contributed by atoms with Crippen molar-refractivity contribution >= 4 is 88.8 Å². The molecule has 38 heteroatoms. The number of hydrogen-bond acceptors (Lipinski definition) is 19. The number of aliphatic hydroxyl groups excluding tert-OH is 1. The topological polar surface area (TPSA) is 624 Å². The lowest BCUT2D eigenvalue weighted by Crippen LogP contribution is -2.61. The summed E-state index contributed by atoms with van der Waals surface area (Å²) in [6.07, 6.45) is 5.57. The first-order valence-electron chi connectivity index (χ1n) is 33.6. The monoisotopic (exact) mass is 1430 g/mol. The molecule has 0 bridgehead atoms. The number of aliphatic carboxylic acids is 1. The number of rotatable bonds is 44. The van der Waals surface area contributed by atoms with Gasteiger partial charge in [-0.2, -0.15) is 0 Å². The third-order valence-corrected chi connectivity index (χ3v) is 16.5. The number of amides is 12. The number of nitrogens with two attached hydrogens (primary N) is 6. The predicted octanol–water partition coefficient (Wildman–Crippen LogP) is -6.23. The molecule has 4 rings (SSSR count). The SMILES string of the molecule is CC[C@H](C)[C@H](NC(=O)[C@@H]1CCCN1C(=O)[C@H](Cc1cnc[nH]1)NC(=O)[C@H](CC(C)C)NC(=O)[C@H](CO)NC(=O)[C@H](CC(N)=O)NC(=O)CNC(=O)[C@H](Cc1ccccc1)NC(=O)[C@H](CCCN=C(N)N)NC(=O)[C@@H](N)Cc1cnc[nH]1)C(=O)N[C@H](C(=O)N[C@@H](CCCN=C(N)N)C(=O)O)C(C)C. The zero-order chi connectivity index (χ0) is 75.8. The van der Waals surface area contributed by atoms with Crippen LogP contribution in [0.2, 0.25) is 0 Å². The Hall–Kier alpha value is -10.8. The number of likely N-dealkylation sites (tertiary alicyclic amines) is 1. The van der Waals surface area contributed by atoms with Gasteiger partial charge in [0, 0.05) is 62.7 Å². The summed E-state index contributed by atoms with van der Waals surface area (Å²) >= 11 is 0. The van der Waals surface area contributed by atoms with Crippen molar-refractivity contribution in [1.29, 1.82) is 0 Å². The molecule has 38 nitrogen and oxygen atoms in total. The number of aliphatic hydroxyl groups is 1. The molecule has 3 aromatic rings. The van der Waals surface area contributed by atoms with Crippen LogP contribution in [0.3, 0.4) is 0 Å². The Balaban J connectivity index is 1.48. The largest absolute Gasteiger partial charge is 0.480 e. The van der Waals surface area contributed by atoms with Gasteiger partial charge in [0.05, 0.1) is 38.3 Å². The maximum atomic E-state index is 14.8. The molecule has 1 aliphatic heterocycles. The molecule has 0 aliphatic carbocycles. The average Bonchev–Trinajstić information content (AvgIpc) is 1.39. The number of carboxylic acids is 1. The van der Waals surface area contributed by atoms with Crippen molar-refractivity contribution in [3.63, 3.8) is 0 Å². The summed E-state index contributed by atoms with van der Waals surface area (Å²) in [6.45, 7) is 8.44. The van der Waals surface area contributed by atoms with Gasteiger partial charge in [0.15, 0.2) is 11.9 Å². The molecule has 0 spiro atoms. The van der Waals surface area contributed by atoms with E-state index in [4.69, 9.17) is 34.4 Å². The van der Waals surface area contributed by atoms with Gasteiger partial charge in [-0.25, -0.2) is 14.8 Å². The van der Waals surface area contributed by atoms with Crippen LogP contribution in [-0.4, -0.2) is 223 Å². The van der Waals surface area contributed by atoms with Crippen LogP contribution in [0.1, 0.15) is 116 Å². The number of carbonyl (C=O) groups is 13.